The van der Waals surface area contributed by atoms with Crippen molar-refractivity contribution >= 4 is 59.2 Å². The highest BCUT2D eigenvalue weighted by Gasteiger charge is 2.35. The van der Waals surface area contributed by atoms with Crippen molar-refractivity contribution in [3.05, 3.63) is 0 Å². The average molecular weight is 900 g/mol. The normalized spacial score (nSPS) is 18.0. The Balaban J connectivity index is 3.00. The van der Waals surface area contributed by atoms with Crippen molar-refractivity contribution in [2.75, 3.05) is 13.1 Å². The number of carboxylic acids is 2. The van der Waals surface area contributed by atoms with E-state index in [1.165, 1.54) is 13.8 Å². The van der Waals surface area contributed by atoms with E-state index in [0.29, 0.717) is 13.0 Å². The Kier molecular flexibility index (Phi) is 23.8. The molecule has 10 unspecified atom stereocenters. The van der Waals surface area contributed by atoms with Crippen LogP contribution in [0.3, 0.4) is 0 Å². The number of carbonyl (C=O) groups excluding carboxylic acids is 8. The monoisotopic (exact) mass is 899 g/mol. The lowest BCUT2D eigenvalue weighted by Crippen LogP contribution is -2.61. The highest BCUT2D eigenvalue weighted by molar-refractivity contribution is 5.98. The average Bonchev–Trinajstić information content (AvgIpc) is 3.71. The quantitative estimate of drug-likeness (QED) is 0.0385. The number of aliphatic carboxylic acids is 2. The molecule has 0 aromatic heterocycles. The van der Waals surface area contributed by atoms with E-state index in [1.54, 1.807) is 27.7 Å². The number of hydrogen-bond donors (Lipinski definition) is 13. The van der Waals surface area contributed by atoms with Crippen LogP contribution < -0.4 is 47.9 Å². The van der Waals surface area contributed by atoms with Crippen LogP contribution in [0.25, 0.3) is 0 Å². The lowest BCUT2D eigenvalue weighted by Gasteiger charge is -2.27. The number of aliphatic hydroxyl groups excluding tert-OH is 2. The first-order valence-corrected chi connectivity index (χ1v) is 21.2. The SMILES string of the molecule is CC(C)CC(NC(=O)C(NC(=O)C(C)NC(=O)C(NC(=O)CNC(=O)C(CC(=O)O)NC(=O)C(CC(C)C)NC(=O)C(CC(C)C)NC(=O)C1CCCN1)C(C)O)C(C)O)C(=O)O. The summed E-state index contributed by atoms with van der Waals surface area (Å²) in [6, 6.07) is -10.6. The van der Waals surface area contributed by atoms with E-state index in [4.69, 9.17) is 0 Å². The highest BCUT2D eigenvalue weighted by Crippen LogP contribution is 2.12. The Bertz CT molecular complexity index is 1620. The van der Waals surface area contributed by atoms with Gasteiger partial charge in [-0.2, -0.15) is 0 Å². The first-order chi connectivity index (χ1) is 29.2. The second kappa shape index (κ2) is 26.9. The van der Waals surface area contributed by atoms with Gasteiger partial charge in [-0.05, 0) is 77.2 Å². The molecule has 0 saturated carbocycles. The van der Waals surface area contributed by atoms with Crippen LogP contribution in [-0.2, 0) is 47.9 Å². The van der Waals surface area contributed by atoms with E-state index >= 15 is 0 Å². The smallest absolute Gasteiger partial charge is 0.326 e. The van der Waals surface area contributed by atoms with Gasteiger partial charge in [-0.3, -0.25) is 43.2 Å². The number of carbonyl (C=O) groups is 10. The van der Waals surface area contributed by atoms with E-state index in [1.807, 2.05) is 13.8 Å². The molecule has 1 fully saturated rings. The molecule has 0 radical (unpaired) electrons. The molecule has 0 aromatic carbocycles. The van der Waals surface area contributed by atoms with Crippen LogP contribution in [0.5, 0.6) is 0 Å². The summed E-state index contributed by atoms with van der Waals surface area (Å²) < 4.78 is 0. The van der Waals surface area contributed by atoms with E-state index in [9.17, 15) is 68.4 Å². The van der Waals surface area contributed by atoms with Gasteiger partial charge < -0.3 is 68.3 Å². The second-order valence-electron chi connectivity index (χ2n) is 17.2. The summed E-state index contributed by atoms with van der Waals surface area (Å²) in [5.74, 6) is -10.3. The van der Waals surface area contributed by atoms with Crippen LogP contribution in [0.1, 0.15) is 101 Å². The molecule has 1 aliphatic heterocycles. The van der Waals surface area contributed by atoms with E-state index in [0.717, 1.165) is 13.3 Å². The zero-order valence-corrected chi connectivity index (χ0v) is 37.5. The van der Waals surface area contributed by atoms with Gasteiger partial charge >= 0.3 is 11.9 Å². The fourth-order valence-corrected chi connectivity index (χ4v) is 6.44. The van der Waals surface area contributed by atoms with Crippen molar-refractivity contribution in [2.45, 2.75) is 161 Å². The summed E-state index contributed by atoms with van der Waals surface area (Å²) in [6.07, 6.45) is -2.24. The van der Waals surface area contributed by atoms with E-state index < -0.39 is 127 Å². The maximum atomic E-state index is 13.6. The van der Waals surface area contributed by atoms with Crippen LogP contribution >= 0.6 is 0 Å². The van der Waals surface area contributed by atoms with Crippen molar-refractivity contribution in [3.8, 4) is 0 Å². The van der Waals surface area contributed by atoms with Crippen molar-refractivity contribution in [1.82, 2.24) is 47.9 Å². The topological polar surface area (TPSA) is 360 Å². The fraction of sp³-hybridized carbons (Fsp3) is 0.750. The van der Waals surface area contributed by atoms with Crippen molar-refractivity contribution in [1.29, 1.82) is 0 Å². The Morgan fingerprint density at radius 3 is 1.46 bits per heavy atom. The van der Waals surface area contributed by atoms with Crippen LogP contribution in [0.4, 0.5) is 0 Å². The zero-order chi connectivity index (χ0) is 48.3. The summed E-state index contributed by atoms with van der Waals surface area (Å²) >= 11 is 0. The van der Waals surface area contributed by atoms with Gasteiger partial charge in [-0.1, -0.05) is 41.5 Å². The number of carboxylic acid groups (broad SMARTS) is 2. The van der Waals surface area contributed by atoms with E-state index in [2.05, 4.69) is 47.9 Å². The summed E-state index contributed by atoms with van der Waals surface area (Å²) in [5, 5.41) is 61.4. The van der Waals surface area contributed by atoms with Gasteiger partial charge in [0.2, 0.25) is 47.3 Å². The molecule has 13 N–H and O–H groups in total. The number of rotatable bonds is 27. The summed E-state index contributed by atoms with van der Waals surface area (Å²) in [4.78, 5) is 128. The zero-order valence-electron chi connectivity index (χ0n) is 37.5. The standard InChI is InChI=1S/C40H69N9O14/c1-18(2)13-25(44-35(57)24-11-10-12-41-24)36(58)45-26(14-19(3)4)37(59)46-27(16-30(53)54)34(56)42-17-29(52)48-31(22(8)50)38(60)43-21(7)33(55)49-32(23(9)51)39(61)47-28(40(62)63)15-20(5)6/h18-28,31-32,41,50-51H,10-17H2,1-9H3,(H,42,56)(H,43,60)(H,44,57)(H,45,58)(H,46,59)(H,47,61)(H,48,52)(H,49,55)(H,53,54)(H,62,63). The second-order valence-corrected chi connectivity index (χ2v) is 17.2. The molecule has 0 spiro atoms. The molecule has 23 nitrogen and oxygen atoms in total. The predicted molar refractivity (Wildman–Crippen MR) is 225 cm³/mol. The highest BCUT2D eigenvalue weighted by atomic mass is 16.4. The number of amides is 8. The molecular formula is C40H69N9O14. The van der Waals surface area contributed by atoms with Crippen LogP contribution in [-0.4, -0.2) is 153 Å². The first kappa shape index (κ1) is 55.6. The molecule has 63 heavy (non-hydrogen) atoms. The van der Waals surface area contributed by atoms with Crippen LogP contribution in [0, 0.1) is 17.8 Å². The van der Waals surface area contributed by atoms with Gasteiger partial charge in [-0.25, -0.2) is 4.79 Å². The van der Waals surface area contributed by atoms with Gasteiger partial charge in [0, 0.05) is 0 Å². The number of aliphatic hydroxyl groups is 2. The van der Waals surface area contributed by atoms with E-state index in [-0.39, 0.29) is 42.9 Å². The molecule has 0 bridgehead atoms. The van der Waals surface area contributed by atoms with Crippen molar-refractivity contribution < 1.29 is 68.4 Å². The molecule has 1 heterocycles. The lowest BCUT2D eigenvalue weighted by atomic mass is 9.99. The molecule has 1 rings (SSSR count). The molecule has 0 aromatic rings. The van der Waals surface area contributed by atoms with Gasteiger partial charge in [-0.15, -0.1) is 0 Å². The number of nitrogens with one attached hydrogen (secondary N) is 9. The third-order valence-corrected chi connectivity index (χ3v) is 9.71. The largest absolute Gasteiger partial charge is 0.481 e. The molecule has 1 aliphatic rings. The molecule has 23 heteroatoms. The molecule has 8 amide bonds. The minimum Gasteiger partial charge on any atom is -0.481 e. The van der Waals surface area contributed by atoms with Gasteiger partial charge in [0.1, 0.15) is 42.3 Å². The molecule has 358 valence electrons. The molecular weight excluding hydrogens is 830 g/mol. The maximum absolute atomic E-state index is 13.6. The van der Waals surface area contributed by atoms with Crippen LogP contribution in [0.2, 0.25) is 0 Å². The summed E-state index contributed by atoms with van der Waals surface area (Å²) in [7, 11) is 0. The third-order valence-electron chi connectivity index (χ3n) is 9.71. The molecule has 1 saturated heterocycles. The first-order valence-electron chi connectivity index (χ1n) is 21.2. The molecule has 10 atom stereocenters. The Morgan fingerprint density at radius 1 is 0.540 bits per heavy atom. The third kappa shape index (κ3) is 20.5. The Hall–Kier alpha value is -5.42. The minimum atomic E-state index is -1.75. The fourth-order valence-electron chi connectivity index (χ4n) is 6.44. The Morgan fingerprint density at radius 2 is 1.00 bits per heavy atom. The van der Waals surface area contributed by atoms with Crippen molar-refractivity contribution in [2.24, 2.45) is 17.8 Å². The van der Waals surface area contributed by atoms with Crippen LogP contribution in [0.15, 0.2) is 0 Å². The minimum absolute atomic E-state index is 0.0242. The summed E-state index contributed by atoms with van der Waals surface area (Å²) in [6.45, 7) is 14.0. The predicted octanol–water partition coefficient (Wildman–Crippen LogP) is -3.27. The van der Waals surface area contributed by atoms with Crippen molar-refractivity contribution in [3.63, 3.8) is 0 Å². The van der Waals surface area contributed by atoms with Gasteiger partial charge in [0.15, 0.2) is 0 Å². The lowest BCUT2D eigenvalue weighted by molar-refractivity contribution is -0.143. The van der Waals surface area contributed by atoms with Gasteiger partial charge in [0.25, 0.3) is 0 Å². The molecule has 0 aliphatic carbocycles. The van der Waals surface area contributed by atoms with Gasteiger partial charge in [0.05, 0.1) is 31.2 Å². The maximum Gasteiger partial charge on any atom is 0.326 e. The summed E-state index contributed by atoms with van der Waals surface area (Å²) in [5.41, 5.74) is 0. The Labute approximate surface area is 367 Å². The number of hydrogen-bond acceptors (Lipinski definition) is 13.